The van der Waals surface area contributed by atoms with E-state index in [1.165, 1.54) is 0 Å². The van der Waals surface area contributed by atoms with E-state index in [1.807, 2.05) is 70.3 Å². The van der Waals surface area contributed by atoms with E-state index in [0.717, 1.165) is 22.0 Å². The van der Waals surface area contributed by atoms with E-state index < -0.39 is 0 Å². The van der Waals surface area contributed by atoms with Gasteiger partial charge in [0.25, 0.3) is 0 Å². The van der Waals surface area contributed by atoms with Gasteiger partial charge in [0.2, 0.25) is 11.8 Å². The fourth-order valence-corrected chi connectivity index (χ4v) is 3.56. The van der Waals surface area contributed by atoms with Crippen molar-refractivity contribution in [3.63, 3.8) is 0 Å². The topological polar surface area (TPSA) is 75.9 Å². The summed E-state index contributed by atoms with van der Waals surface area (Å²) in [5, 5.41) is 5.10. The van der Waals surface area contributed by atoms with Crippen molar-refractivity contribution < 1.29 is 14.3 Å². The van der Waals surface area contributed by atoms with Crippen LogP contribution in [0.5, 0.6) is 0 Å². The number of amides is 2. The molecule has 0 saturated carbocycles. The van der Waals surface area contributed by atoms with Crippen molar-refractivity contribution in [1.82, 2.24) is 14.9 Å². The Labute approximate surface area is 174 Å². The van der Waals surface area contributed by atoms with Crippen LogP contribution in [0.3, 0.4) is 0 Å². The van der Waals surface area contributed by atoms with Crippen molar-refractivity contribution in [3.8, 4) is 0 Å². The van der Waals surface area contributed by atoms with Crippen molar-refractivity contribution >= 4 is 28.9 Å². The van der Waals surface area contributed by atoms with Crippen molar-refractivity contribution in [1.29, 1.82) is 0 Å². The Hall–Kier alpha value is -3.45. The van der Waals surface area contributed by atoms with Crippen molar-refractivity contribution in [2.75, 3.05) is 26.3 Å². The van der Waals surface area contributed by atoms with Gasteiger partial charge in [-0.3, -0.25) is 9.59 Å². The molecule has 1 aliphatic rings. The molecule has 0 radical (unpaired) electrons. The van der Waals surface area contributed by atoms with E-state index in [-0.39, 0.29) is 24.8 Å². The number of nitrogens with one attached hydrogen (secondary N) is 1. The summed E-state index contributed by atoms with van der Waals surface area (Å²) in [5.74, 6) is -0.109. The molecule has 1 aromatic heterocycles. The number of aromatic nitrogens is 1. The molecule has 1 N–H and O–H groups in total. The highest BCUT2D eigenvalue weighted by Gasteiger charge is 2.18. The fourth-order valence-electron chi connectivity index (χ4n) is 3.56. The van der Waals surface area contributed by atoms with Gasteiger partial charge >= 0.3 is 0 Å². The first-order valence-electron chi connectivity index (χ1n) is 10.00. The van der Waals surface area contributed by atoms with Gasteiger partial charge in [0.05, 0.1) is 25.8 Å². The maximum atomic E-state index is 12.7. The Kier molecular flexibility index (Phi) is 6.20. The lowest BCUT2D eigenvalue weighted by Gasteiger charge is -2.27. The Morgan fingerprint density at radius 2 is 1.77 bits per heavy atom. The van der Waals surface area contributed by atoms with Crippen molar-refractivity contribution in [2.45, 2.75) is 13.0 Å². The molecule has 1 fully saturated rings. The van der Waals surface area contributed by atoms with Crippen LogP contribution < -0.4 is 5.43 Å². The third-order valence-corrected chi connectivity index (χ3v) is 5.09. The van der Waals surface area contributed by atoms with E-state index >= 15 is 0 Å². The smallest absolute Gasteiger partial charge is 0.244 e. The number of ether oxygens (including phenoxy) is 1. The highest BCUT2D eigenvalue weighted by molar-refractivity contribution is 6.00. The number of morpholine rings is 1. The van der Waals surface area contributed by atoms with Crippen LogP contribution in [0.15, 0.2) is 65.9 Å². The van der Waals surface area contributed by atoms with Crippen LogP contribution in [-0.4, -0.2) is 53.8 Å². The molecule has 4 rings (SSSR count). The molecule has 2 heterocycles. The Bertz CT molecular complexity index is 1050. The average Bonchev–Trinajstić information content (AvgIpc) is 3.12. The Morgan fingerprint density at radius 1 is 1.03 bits per heavy atom. The number of hydrogen-bond acceptors (Lipinski definition) is 4. The zero-order valence-electron chi connectivity index (χ0n) is 16.7. The minimum absolute atomic E-state index is 0.0682. The first kappa shape index (κ1) is 19.8. The molecule has 2 amide bonds. The lowest BCUT2D eigenvalue weighted by molar-refractivity contribution is -0.135. The highest BCUT2D eigenvalue weighted by Crippen LogP contribution is 2.20. The second-order valence-electron chi connectivity index (χ2n) is 7.18. The van der Waals surface area contributed by atoms with Crippen LogP contribution in [0.2, 0.25) is 0 Å². The minimum Gasteiger partial charge on any atom is -0.378 e. The molecule has 0 aliphatic carbocycles. The monoisotopic (exact) mass is 404 g/mol. The van der Waals surface area contributed by atoms with E-state index in [9.17, 15) is 9.59 Å². The number of carbonyl (C=O) groups excluding carboxylic acids is 2. The van der Waals surface area contributed by atoms with E-state index in [2.05, 4.69) is 10.5 Å². The molecule has 7 heteroatoms. The molecule has 30 heavy (non-hydrogen) atoms. The summed E-state index contributed by atoms with van der Waals surface area (Å²) >= 11 is 0. The number of fused-ring (bicyclic) bond motifs is 1. The summed E-state index contributed by atoms with van der Waals surface area (Å²) in [7, 11) is 0. The van der Waals surface area contributed by atoms with Crippen LogP contribution in [-0.2, 0) is 27.3 Å². The molecule has 0 unspecified atom stereocenters. The predicted molar refractivity (Wildman–Crippen MR) is 115 cm³/mol. The lowest BCUT2D eigenvalue weighted by Crippen LogP contribution is -2.42. The average molecular weight is 404 g/mol. The molecule has 0 spiro atoms. The first-order chi connectivity index (χ1) is 14.7. The normalized spacial score (nSPS) is 14.3. The maximum absolute atomic E-state index is 12.7. The van der Waals surface area contributed by atoms with Gasteiger partial charge in [0.15, 0.2) is 0 Å². The molecule has 1 saturated heterocycles. The Morgan fingerprint density at radius 3 is 2.57 bits per heavy atom. The molecule has 7 nitrogen and oxygen atoms in total. The molecule has 154 valence electrons. The number of rotatable bonds is 6. The number of hydrazone groups is 1. The molecular weight excluding hydrogens is 380 g/mol. The summed E-state index contributed by atoms with van der Waals surface area (Å²) in [4.78, 5) is 26.6. The molecule has 3 aromatic rings. The van der Waals surface area contributed by atoms with E-state index in [4.69, 9.17) is 4.74 Å². The van der Waals surface area contributed by atoms with Gasteiger partial charge in [-0.15, -0.1) is 0 Å². The maximum Gasteiger partial charge on any atom is 0.244 e. The zero-order valence-corrected chi connectivity index (χ0v) is 16.7. The van der Waals surface area contributed by atoms with Crippen LogP contribution in [0.25, 0.3) is 10.9 Å². The molecule has 2 aromatic carbocycles. The predicted octanol–water partition coefficient (Wildman–Crippen LogP) is 2.19. The van der Waals surface area contributed by atoms with Gasteiger partial charge in [0, 0.05) is 35.8 Å². The number of nitrogens with zero attached hydrogens (tertiary/aromatic N) is 3. The quantitative estimate of drug-likeness (QED) is 0.506. The Balaban J connectivity index is 1.45. The third-order valence-electron chi connectivity index (χ3n) is 5.09. The summed E-state index contributed by atoms with van der Waals surface area (Å²) in [6, 6.07) is 17.4. The van der Waals surface area contributed by atoms with Gasteiger partial charge in [-0.05, 0) is 11.6 Å². The van der Waals surface area contributed by atoms with Crippen LogP contribution in [0, 0.1) is 0 Å². The van der Waals surface area contributed by atoms with E-state index in [0.29, 0.717) is 26.3 Å². The van der Waals surface area contributed by atoms with Gasteiger partial charge in [-0.1, -0.05) is 48.5 Å². The van der Waals surface area contributed by atoms with Crippen LogP contribution >= 0.6 is 0 Å². The molecule has 1 aliphatic heterocycles. The van der Waals surface area contributed by atoms with Crippen LogP contribution in [0.4, 0.5) is 0 Å². The number of para-hydroxylation sites is 1. The third kappa shape index (κ3) is 4.75. The second-order valence-corrected chi connectivity index (χ2v) is 7.18. The fraction of sp³-hybridized carbons (Fsp3) is 0.261. The summed E-state index contributed by atoms with van der Waals surface area (Å²) in [5.41, 5.74) is 5.31. The van der Waals surface area contributed by atoms with E-state index in [1.54, 1.807) is 6.21 Å². The highest BCUT2D eigenvalue weighted by atomic mass is 16.5. The molecular formula is C23H24N4O3. The van der Waals surface area contributed by atoms with Crippen molar-refractivity contribution in [2.24, 2.45) is 5.10 Å². The van der Waals surface area contributed by atoms with Gasteiger partial charge in [-0.2, -0.15) is 5.10 Å². The zero-order chi connectivity index (χ0) is 20.8. The molecule has 0 atom stereocenters. The standard InChI is InChI=1S/C23H24N4O3/c28-22(14-18-6-2-1-3-7-18)25-24-15-19-16-27(21-9-5-4-8-20(19)21)17-23(29)26-10-12-30-13-11-26/h1-9,15-16H,10-14,17H2,(H,25,28)/b24-15-. The van der Waals surface area contributed by atoms with Crippen LogP contribution in [0.1, 0.15) is 11.1 Å². The lowest BCUT2D eigenvalue weighted by atomic mass is 10.1. The summed E-state index contributed by atoms with van der Waals surface area (Å²) < 4.78 is 7.25. The molecule has 0 bridgehead atoms. The van der Waals surface area contributed by atoms with Gasteiger partial charge in [0.1, 0.15) is 6.54 Å². The first-order valence-corrected chi connectivity index (χ1v) is 10.00. The summed E-state index contributed by atoms with van der Waals surface area (Å²) in [6.07, 6.45) is 3.80. The van der Waals surface area contributed by atoms with Gasteiger partial charge < -0.3 is 14.2 Å². The number of hydrogen-bond donors (Lipinski definition) is 1. The summed E-state index contributed by atoms with van der Waals surface area (Å²) in [6.45, 7) is 2.67. The minimum atomic E-state index is -0.177. The number of carbonyl (C=O) groups is 2. The van der Waals surface area contributed by atoms with Crippen molar-refractivity contribution in [3.05, 3.63) is 71.9 Å². The number of benzene rings is 2. The van der Waals surface area contributed by atoms with Gasteiger partial charge in [-0.25, -0.2) is 5.43 Å². The second kappa shape index (κ2) is 9.37. The SMILES string of the molecule is O=C(Cc1ccccc1)N/N=C\c1cn(CC(=O)N2CCOCC2)c2ccccc12. The largest absolute Gasteiger partial charge is 0.378 e.